The molecule has 0 aromatic heterocycles. The van der Waals surface area contributed by atoms with Crippen molar-refractivity contribution >= 4 is 5.91 Å². The zero-order valence-electron chi connectivity index (χ0n) is 54.1. The van der Waals surface area contributed by atoms with E-state index in [4.69, 9.17) is 9.47 Å². The van der Waals surface area contributed by atoms with Gasteiger partial charge in [-0.05, 0) is 38.5 Å². The fraction of sp³-hybridized carbons (Fsp3) is 0.958. The van der Waals surface area contributed by atoms with Crippen molar-refractivity contribution in [3.05, 3.63) is 12.2 Å². The first kappa shape index (κ1) is 77.9. The van der Waals surface area contributed by atoms with Crippen molar-refractivity contribution < 1.29 is 39.8 Å². The van der Waals surface area contributed by atoms with Crippen molar-refractivity contribution in [3.8, 4) is 0 Å². The van der Waals surface area contributed by atoms with E-state index in [1.807, 2.05) is 0 Å². The van der Waals surface area contributed by atoms with Gasteiger partial charge in [0.2, 0.25) is 5.91 Å². The van der Waals surface area contributed by atoms with Crippen LogP contribution < -0.4 is 5.32 Å². The minimum atomic E-state index is -1.55. The first-order valence-electron chi connectivity index (χ1n) is 36.4. The Morgan fingerprint density at radius 2 is 0.691 bits per heavy atom. The van der Waals surface area contributed by atoms with Crippen LogP contribution in [-0.4, -0.2) is 87.5 Å². The highest BCUT2D eigenvalue weighted by atomic mass is 16.7. The molecule has 0 spiro atoms. The molecule has 81 heavy (non-hydrogen) atoms. The van der Waals surface area contributed by atoms with Gasteiger partial charge in [0.1, 0.15) is 24.4 Å². The Kier molecular flexibility index (Phi) is 59.7. The van der Waals surface area contributed by atoms with E-state index >= 15 is 0 Å². The Balaban J connectivity index is 2.03. The number of nitrogens with one attached hydrogen (secondary N) is 1. The Labute approximate surface area is 503 Å². The molecule has 1 amide bonds. The zero-order chi connectivity index (χ0) is 58.6. The van der Waals surface area contributed by atoms with Crippen molar-refractivity contribution in [3.63, 3.8) is 0 Å². The quantitative estimate of drug-likeness (QED) is 0.0261. The molecule has 7 unspecified atom stereocenters. The van der Waals surface area contributed by atoms with E-state index in [2.05, 4.69) is 31.3 Å². The molecule has 0 bridgehead atoms. The molecular formula is C72H141NO8. The highest BCUT2D eigenvalue weighted by Gasteiger charge is 2.44. The monoisotopic (exact) mass is 1150 g/mol. The zero-order valence-corrected chi connectivity index (χ0v) is 54.1. The van der Waals surface area contributed by atoms with Gasteiger partial charge in [0.25, 0.3) is 0 Å². The van der Waals surface area contributed by atoms with Gasteiger partial charge in [0, 0.05) is 6.42 Å². The summed E-state index contributed by atoms with van der Waals surface area (Å²) in [7, 11) is 0. The topological polar surface area (TPSA) is 149 Å². The second-order valence-electron chi connectivity index (χ2n) is 25.7. The molecule has 1 heterocycles. The first-order chi connectivity index (χ1) is 39.8. The minimum absolute atomic E-state index is 0.132. The summed E-state index contributed by atoms with van der Waals surface area (Å²) in [5.74, 6) is -0.135. The van der Waals surface area contributed by atoms with E-state index in [1.54, 1.807) is 0 Å². The number of unbranched alkanes of at least 4 members (excludes halogenated alkanes) is 53. The van der Waals surface area contributed by atoms with Crippen molar-refractivity contribution in [1.29, 1.82) is 0 Å². The number of carbonyl (C=O) groups is 1. The van der Waals surface area contributed by atoms with Crippen LogP contribution in [0.4, 0.5) is 0 Å². The maximum absolute atomic E-state index is 13.1. The molecule has 0 aliphatic carbocycles. The van der Waals surface area contributed by atoms with E-state index in [0.29, 0.717) is 12.8 Å². The molecule has 7 atom stereocenters. The van der Waals surface area contributed by atoms with Crippen molar-refractivity contribution in [2.75, 3.05) is 13.2 Å². The van der Waals surface area contributed by atoms with Crippen molar-refractivity contribution in [2.24, 2.45) is 0 Å². The molecule has 0 aromatic carbocycles. The third kappa shape index (κ3) is 50.8. The van der Waals surface area contributed by atoms with Crippen molar-refractivity contribution in [2.45, 2.75) is 429 Å². The molecule has 9 nitrogen and oxygen atoms in total. The number of allylic oxidation sites excluding steroid dienone is 2. The summed E-state index contributed by atoms with van der Waals surface area (Å²) in [6, 6.07) is -0.717. The predicted octanol–water partition coefficient (Wildman–Crippen LogP) is 19.9. The third-order valence-electron chi connectivity index (χ3n) is 17.9. The standard InChI is InChI=1S/C72H141NO8/c1-3-5-7-9-11-13-15-17-19-21-23-24-25-26-27-28-29-30-31-32-33-34-35-36-37-38-39-40-41-42-44-46-48-50-52-54-56-58-60-62-68(76)73-65(64-80-72-71(79)70(78)69(77)67(63-74)81-72)66(75)61-59-57-55-53-51-49-47-45-43-22-20-18-16-14-12-10-8-6-4-2/h32-33,65-67,69-72,74-75,77-79H,3-31,34-64H2,1-2H3,(H,73,76)/b33-32-. The van der Waals surface area contributed by atoms with E-state index < -0.39 is 49.5 Å². The van der Waals surface area contributed by atoms with Crippen molar-refractivity contribution in [1.82, 2.24) is 5.32 Å². The van der Waals surface area contributed by atoms with Crippen LogP contribution in [-0.2, 0) is 14.3 Å². The van der Waals surface area contributed by atoms with Crippen LogP contribution in [0.3, 0.4) is 0 Å². The van der Waals surface area contributed by atoms with E-state index in [1.165, 1.54) is 321 Å². The summed E-state index contributed by atoms with van der Waals surface area (Å²) < 4.78 is 11.4. The van der Waals surface area contributed by atoms with Gasteiger partial charge in [0.05, 0.1) is 25.4 Å². The number of rotatable bonds is 65. The molecule has 9 heteroatoms. The van der Waals surface area contributed by atoms with Gasteiger partial charge in [-0.3, -0.25) is 4.79 Å². The van der Waals surface area contributed by atoms with Gasteiger partial charge in [-0.25, -0.2) is 0 Å². The number of ether oxygens (including phenoxy) is 2. The van der Waals surface area contributed by atoms with Gasteiger partial charge in [0.15, 0.2) is 6.29 Å². The maximum Gasteiger partial charge on any atom is 0.220 e. The third-order valence-corrected chi connectivity index (χ3v) is 17.9. The number of carbonyl (C=O) groups excluding carboxylic acids is 1. The molecule has 1 aliphatic rings. The SMILES string of the molecule is CCCCCCCCCCCCCCCCCCCC/C=C\CCCCCCCCCCCCCCCCCCCC(=O)NC(COC1OC(CO)C(O)C(O)C1O)C(O)CCCCCCCCCCCCCCCCCCCCC. The summed E-state index contributed by atoms with van der Waals surface area (Å²) in [5, 5.41) is 54.9. The summed E-state index contributed by atoms with van der Waals surface area (Å²) in [4.78, 5) is 13.1. The normalized spacial score (nSPS) is 18.3. The molecule has 0 radical (unpaired) electrons. The van der Waals surface area contributed by atoms with Gasteiger partial charge < -0.3 is 40.3 Å². The predicted molar refractivity (Wildman–Crippen MR) is 346 cm³/mol. The lowest BCUT2D eigenvalue weighted by atomic mass is 9.99. The molecule has 0 saturated carbocycles. The Morgan fingerprint density at radius 1 is 0.407 bits per heavy atom. The lowest BCUT2D eigenvalue weighted by Gasteiger charge is -2.40. The van der Waals surface area contributed by atoms with Crippen LogP contribution in [0, 0.1) is 0 Å². The smallest absolute Gasteiger partial charge is 0.220 e. The van der Waals surface area contributed by atoms with Crippen LogP contribution in [0.15, 0.2) is 12.2 Å². The first-order valence-corrected chi connectivity index (χ1v) is 36.4. The van der Waals surface area contributed by atoms with E-state index in [-0.39, 0.29) is 12.5 Å². The minimum Gasteiger partial charge on any atom is -0.394 e. The molecule has 0 aromatic rings. The Bertz CT molecular complexity index is 1280. The Morgan fingerprint density at radius 3 is 1.00 bits per heavy atom. The summed E-state index contributed by atoms with van der Waals surface area (Å²) in [5.41, 5.74) is 0. The lowest BCUT2D eigenvalue weighted by molar-refractivity contribution is -0.302. The van der Waals surface area contributed by atoms with Gasteiger partial charge in [-0.2, -0.15) is 0 Å². The lowest BCUT2D eigenvalue weighted by Crippen LogP contribution is -2.60. The van der Waals surface area contributed by atoms with Gasteiger partial charge >= 0.3 is 0 Å². The highest BCUT2D eigenvalue weighted by Crippen LogP contribution is 2.24. The second-order valence-corrected chi connectivity index (χ2v) is 25.7. The average Bonchev–Trinajstić information content (AvgIpc) is 3.48. The number of aliphatic hydroxyl groups is 5. The second kappa shape index (κ2) is 62.0. The van der Waals surface area contributed by atoms with E-state index in [0.717, 1.165) is 38.5 Å². The Hall–Kier alpha value is -1.07. The number of amides is 1. The maximum atomic E-state index is 13.1. The summed E-state index contributed by atoms with van der Waals surface area (Å²) in [6.07, 6.45) is 73.1. The molecule has 1 rings (SSSR count). The van der Waals surface area contributed by atoms with Crippen LogP contribution in [0.1, 0.15) is 386 Å². The number of aliphatic hydroxyl groups excluding tert-OH is 5. The summed E-state index contributed by atoms with van der Waals surface area (Å²) >= 11 is 0. The van der Waals surface area contributed by atoms with Crippen LogP contribution in [0.2, 0.25) is 0 Å². The average molecular weight is 1150 g/mol. The number of hydrogen-bond acceptors (Lipinski definition) is 8. The summed E-state index contributed by atoms with van der Waals surface area (Å²) in [6.45, 7) is 3.90. The van der Waals surface area contributed by atoms with Gasteiger partial charge in [-0.15, -0.1) is 0 Å². The van der Waals surface area contributed by atoms with Crippen LogP contribution in [0.25, 0.3) is 0 Å². The van der Waals surface area contributed by atoms with E-state index in [9.17, 15) is 30.3 Å². The highest BCUT2D eigenvalue weighted by molar-refractivity contribution is 5.76. The van der Waals surface area contributed by atoms with Crippen LogP contribution in [0.5, 0.6) is 0 Å². The van der Waals surface area contributed by atoms with Crippen LogP contribution >= 0.6 is 0 Å². The largest absolute Gasteiger partial charge is 0.394 e. The molecular weight excluding hydrogens is 1010 g/mol. The molecule has 482 valence electrons. The molecule has 1 aliphatic heterocycles. The van der Waals surface area contributed by atoms with Gasteiger partial charge in [-0.1, -0.05) is 353 Å². The molecule has 1 saturated heterocycles. The number of hydrogen-bond donors (Lipinski definition) is 6. The molecule has 6 N–H and O–H groups in total. The molecule has 1 fully saturated rings. The fourth-order valence-electron chi connectivity index (χ4n) is 12.2. The fourth-order valence-corrected chi connectivity index (χ4v) is 12.2.